The topological polar surface area (TPSA) is 90.1 Å². The zero-order chi connectivity index (χ0) is 24.4. The van der Waals surface area contributed by atoms with Crippen LogP contribution in [-0.2, 0) is 16.6 Å². The Bertz CT molecular complexity index is 1250. The lowest BCUT2D eigenvalue weighted by Crippen LogP contribution is -2.31. The number of aromatic nitrogens is 4. The van der Waals surface area contributed by atoms with Crippen LogP contribution in [0.5, 0.6) is 0 Å². The number of aryl methyl sites for hydroxylation is 4. The van der Waals surface area contributed by atoms with Crippen molar-refractivity contribution >= 4 is 28.7 Å². The predicted octanol–water partition coefficient (Wildman–Crippen LogP) is 4.37. The maximum Gasteiger partial charge on any atom is 0.309 e. The number of aliphatic hydroxyl groups is 1. The monoisotopic (exact) mass is 478 g/mol. The molecule has 1 aromatic heterocycles. The van der Waals surface area contributed by atoms with Gasteiger partial charge in [-0.3, -0.25) is 4.79 Å². The van der Waals surface area contributed by atoms with Crippen molar-refractivity contribution in [1.82, 2.24) is 20.2 Å². The van der Waals surface area contributed by atoms with Crippen LogP contribution in [0.4, 0.5) is 0 Å². The summed E-state index contributed by atoms with van der Waals surface area (Å²) in [4.78, 5) is 11.9. The van der Waals surface area contributed by atoms with Crippen LogP contribution >= 0.6 is 11.6 Å². The molecule has 34 heavy (non-hydrogen) atoms. The second-order valence-electron chi connectivity index (χ2n) is 8.68. The van der Waals surface area contributed by atoms with E-state index < -0.39 is 18.2 Å². The maximum atomic E-state index is 11.9. The summed E-state index contributed by atoms with van der Waals surface area (Å²) in [7, 11) is 1.78. The number of benzene rings is 2. The van der Waals surface area contributed by atoms with Gasteiger partial charge in [0.15, 0.2) is 5.82 Å². The molecule has 0 unspecified atom stereocenters. The SMILES string of the molecule is Cc1cc(C)c(C(=C(C=C[C@@H]2C[C@@H](O)CC(=O)O2)c2nnnn2C)c2ccc(Cl)cc2)c(C)c1. The molecule has 0 aliphatic carbocycles. The number of carbonyl (C=O) groups is 1. The molecule has 0 bridgehead atoms. The van der Waals surface area contributed by atoms with E-state index in [9.17, 15) is 9.90 Å². The van der Waals surface area contributed by atoms with Crippen molar-refractivity contribution in [3.63, 3.8) is 0 Å². The number of hydrogen-bond donors (Lipinski definition) is 1. The highest BCUT2D eigenvalue weighted by atomic mass is 35.5. The molecule has 176 valence electrons. The molecule has 7 nitrogen and oxygen atoms in total. The van der Waals surface area contributed by atoms with Crippen molar-refractivity contribution in [2.24, 2.45) is 7.05 Å². The average Bonchev–Trinajstić information content (AvgIpc) is 3.18. The van der Waals surface area contributed by atoms with E-state index >= 15 is 0 Å². The summed E-state index contributed by atoms with van der Waals surface area (Å²) in [6, 6.07) is 11.9. The highest BCUT2D eigenvalue weighted by Crippen LogP contribution is 2.37. The van der Waals surface area contributed by atoms with Crippen LogP contribution in [0.25, 0.3) is 11.1 Å². The van der Waals surface area contributed by atoms with Crippen LogP contribution in [-0.4, -0.2) is 43.5 Å². The summed E-state index contributed by atoms with van der Waals surface area (Å²) in [5.74, 6) is 0.144. The van der Waals surface area contributed by atoms with Gasteiger partial charge in [-0.2, -0.15) is 0 Å². The van der Waals surface area contributed by atoms with Crippen molar-refractivity contribution < 1.29 is 14.6 Å². The van der Waals surface area contributed by atoms with E-state index in [1.54, 1.807) is 17.8 Å². The minimum absolute atomic E-state index is 0.0119. The molecule has 1 aliphatic heterocycles. The number of cyclic esters (lactones) is 1. The smallest absolute Gasteiger partial charge is 0.309 e. The Hall–Kier alpha value is -3.29. The number of nitrogens with zero attached hydrogens (tertiary/aromatic N) is 4. The van der Waals surface area contributed by atoms with Crippen molar-refractivity contribution in [3.8, 4) is 0 Å². The minimum Gasteiger partial charge on any atom is -0.458 e. The largest absolute Gasteiger partial charge is 0.458 e. The number of aliphatic hydroxyl groups excluding tert-OH is 1. The average molecular weight is 479 g/mol. The lowest BCUT2D eigenvalue weighted by Gasteiger charge is -2.24. The zero-order valence-electron chi connectivity index (χ0n) is 19.6. The number of carbonyl (C=O) groups excluding carboxylic acids is 1. The first-order valence-corrected chi connectivity index (χ1v) is 11.5. The van der Waals surface area contributed by atoms with Gasteiger partial charge < -0.3 is 9.84 Å². The van der Waals surface area contributed by atoms with E-state index in [1.807, 2.05) is 30.3 Å². The van der Waals surface area contributed by atoms with Crippen LogP contribution in [0.3, 0.4) is 0 Å². The van der Waals surface area contributed by atoms with E-state index in [0.717, 1.165) is 33.4 Å². The van der Waals surface area contributed by atoms with Crippen molar-refractivity contribution in [2.75, 3.05) is 0 Å². The van der Waals surface area contributed by atoms with Gasteiger partial charge in [-0.15, -0.1) is 5.10 Å². The number of ether oxygens (including phenoxy) is 1. The van der Waals surface area contributed by atoms with E-state index in [-0.39, 0.29) is 6.42 Å². The van der Waals surface area contributed by atoms with Gasteiger partial charge in [-0.25, -0.2) is 4.68 Å². The van der Waals surface area contributed by atoms with Gasteiger partial charge in [-0.05, 0) is 71.7 Å². The molecule has 8 heteroatoms. The Kier molecular flexibility index (Phi) is 6.95. The van der Waals surface area contributed by atoms with E-state index in [4.69, 9.17) is 16.3 Å². The van der Waals surface area contributed by atoms with Crippen molar-refractivity contribution in [2.45, 2.75) is 45.8 Å². The van der Waals surface area contributed by atoms with Gasteiger partial charge in [-0.1, -0.05) is 47.5 Å². The molecule has 1 N–H and O–H groups in total. The fourth-order valence-electron chi connectivity index (χ4n) is 4.48. The third-order valence-corrected chi connectivity index (χ3v) is 6.11. The second kappa shape index (κ2) is 9.91. The number of allylic oxidation sites excluding steroid dienone is 2. The third-order valence-electron chi connectivity index (χ3n) is 5.86. The minimum atomic E-state index is -0.725. The molecule has 2 heterocycles. The molecule has 3 aromatic rings. The first kappa shape index (κ1) is 23.9. The molecule has 0 spiro atoms. The lowest BCUT2D eigenvalue weighted by atomic mass is 9.86. The van der Waals surface area contributed by atoms with Gasteiger partial charge in [0.2, 0.25) is 0 Å². The molecule has 1 fully saturated rings. The van der Waals surface area contributed by atoms with Crippen molar-refractivity contribution in [3.05, 3.63) is 87.2 Å². The van der Waals surface area contributed by atoms with Crippen LogP contribution in [0, 0.1) is 20.8 Å². The standard InChI is InChI=1S/C26H27ClN4O3/c1-15-11-16(2)24(17(3)12-15)25(18-5-7-19(27)8-6-18)22(26-28-29-30-31(26)4)10-9-21-13-20(32)14-23(33)34-21/h5-12,20-21,32H,13-14H2,1-4H3/t20-,21-/m1/s1. The molecule has 2 atom stereocenters. The molecule has 0 amide bonds. The van der Waals surface area contributed by atoms with Crippen LogP contribution in [0.15, 0.2) is 48.6 Å². The summed E-state index contributed by atoms with van der Waals surface area (Å²) < 4.78 is 7.05. The number of esters is 1. The predicted molar refractivity (Wildman–Crippen MR) is 131 cm³/mol. The lowest BCUT2D eigenvalue weighted by molar-refractivity contribution is -0.156. The maximum absolute atomic E-state index is 11.9. The first-order valence-electron chi connectivity index (χ1n) is 11.1. The molecule has 0 saturated carbocycles. The van der Waals surface area contributed by atoms with Crippen molar-refractivity contribution in [1.29, 1.82) is 0 Å². The molecule has 0 radical (unpaired) electrons. The summed E-state index contributed by atoms with van der Waals surface area (Å²) in [5, 5.41) is 22.9. The van der Waals surface area contributed by atoms with Crippen LogP contribution < -0.4 is 0 Å². The highest BCUT2D eigenvalue weighted by molar-refractivity contribution is 6.30. The van der Waals surface area contributed by atoms with E-state index in [2.05, 4.69) is 48.4 Å². The zero-order valence-corrected chi connectivity index (χ0v) is 20.4. The Morgan fingerprint density at radius 2 is 1.85 bits per heavy atom. The second-order valence-corrected chi connectivity index (χ2v) is 9.11. The number of hydrogen-bond acceptors (Lipinski definition) is 6. The van der Waals surface area contributed by atoms with Gasteiger partial charge in [0, 0.05) is 29.6 Å². The first-order chi connectivity index (χ1) is 16.2. The van der Waals surface area contributed by atoms with E-state index in [0.29, 0.717) is 17.3 Å². The van der Waals surface area contributed by atoms with Crippen LogP contribution in [0.1, 0.15) is 46.5 Å². The molecule has 2 aromatic carbocycles. The molecule has 1 saturated heterocycles. The Balaban J connectivity index is 1.99. The van der Waals surface area contributed by atoms with Gasteiger partial charge in [0.1, 0.15) is 6.10 Å². The summed E-state index contributed by atoms with van der Waals surface area (Å²) >= 11 is 6.20. The number of tetrazole rings is 1. The number of rotatable bonds is 5. The summed E-state index contributed by atoms with van der Waals surface area (Å²) in [6.45, 7) is 6.24. The van der Waals surface area contributed by atoms with E-state index in [1.165, 1.54) is 5.56 Å². The van der Waals surface area contributed by atoms with Gasteiger partial charge in [0.05, 0.1) is 12.5 Å². The summed E-state index contributed by atoms with van der Waals surface area (Å²) in [6.07, 6.45) is 2.75. The fourth-order valence-corrected chi connectivity index (χ4v) is 4.61. The molecular weight excluding hydrogens is 452 g/mol. The Morgan fingerprint density at radius 3 is 2.44 bits per heavy atom. The summed E-state index contributed by atoms with van der Waals surface area (Å²) in [5.41, 5.74) is 7.12. The Morgan fingerprint density at radius 1 is 1.18 bits per heavy atom. The third kappa shape index (κ3) is 5.11. The van der Waals surface area contributed by atoms with Crippen LogP contribution in [0.2, 0.25) is 5.02 Å². The van der Waals surface area contributed by atoms with Gasteiger partial charge >= 0.3 is 5.97 Å². The highest BCUT2D eigenvalue weighted by Gasteiger charge is 2.26. The quantitative estimate of drug-likeness (QED) is 0.432. The molecule has 4 rings (SSSR count). The molecule has 1 aliphatic rings. The number of halogens is 1. The molecular formula is C26H27ClN4O3. The fraction of sp³-hybridized carbons (Fsp3) is 0.308. The normalized spacial score (nSPS) is 19.3. The van der Waals surface area contributed by atoms with Gasteiger partial charge in [0.25, 0.3) is 0 Å². The Labute approximate surface area is 203 Å².